The molecule has 1 aromatic heterocycles. The van der Waals surface area contributed by atoms with E-state index in [1.165, 1.54) is 38.5 Å². The van der Waals surface area contributed by atoms with Gasteiger partial charge in [0.2, 0.25) is 5.91 Å². The molecule has 0 aromatic carbocycles. The summed E-state index contributed by atoms with van der Waals surface area (Å²) in [5.41, 5.74) is 0.233. The van der Waals surface area contributed by atoms with Gasteiger partial charge in [-0.15, -0.1) is 0 Å². The second-order valence-electron chi connectivity index (χ2n) is 8.53. The van der Waals surface area contributed by atoms with Crippen molar-refractivity contribution in [2.24, 2.45) is 17.3 Å². The van der Waals surface area contributed by atoms with Crippen LogP contribution in [0.25, 0.3) is 0 Å². The number of furan rings is 1. The Morgan fingerprint density at radius 1 is 1.35 bits per heavy atom. The summed E-state index contributed by atoms with van der Waals surface area (Å²) in [5, 5.41) is 3.15. The van der Waals surface area contributed by atoms with Crippen molar-refractivity contribution >= 4 is 21.8 Å². The van der Waals surface area contributed by atoms with Gasteiger partial charge in [0.1, 0.15) is 11.5 Å². The third kappa shape index (κ3) is 2.99. The first kappa shape index (κ1) is 15.7. The number of rotatable bonds is 4. The molecular formula is C19H26BrNO2. The number of hydrogen-bond donors (Lipinski definition) is 1. The Hall–Kier alpha value is -0.770. The average molecular weight is 380 g/mol. The van der Waals surface area contributed by atoms with Crippen molar-refractivity contribution in [3.05, 3.63) is 23.7 Å². The van der Waals surface area contributed by atoms with E-state index >= 15 is 0 Å². The van der Waals surface area contributed by atoms with Crippen LogP contribution in [0.4, 0.5) is 0 Å². The average Bonchev–Trinajstić information content (AvgIpc) is 2.81. The topological polar surface area (TPSA) is 42.2 Å². The van der Waals surface area contributed by atoms with Gasteiger partial charge in [0.25, 0.3) is 0 Å². The van der Waals surface area contributed by atoms with E-state index < -0.39 is 0 Å². The predicted molar refractivity (Wildman–Crippen MR) is 93.4 cm³/mol. The van der Waals surface area contributed by atoms with Crippen LogP contribution in [0, 0.1) is 24.2 Å². The lowest BCUT2D eigenvalue weighted by molar-refractivity contribution is -0.128. The molecule has 4 aliphatic carbocycles. The number of carbonyl (C=O) groups excluding carboxylic acids is 1. The monoisotopic (exact) mass is 379 g/mol. The second kappa shape index (κ2) is 5.37. The van der Waals surface area contributed by atoms with E-state index in [0.29, 0.717) is 10.7 Å². The predicted octanol–water partition coefficient (Wildman–Crippen LogP) is 4.89. The minimum absolute atomic E-state index is 0.0527. The van der Waals surface area contributed by atoms with Crippen LogP contribution in [-0.4, -0.2) is 10.2 Å². The molecule has 1 aromatic rings. The highest BCUT2D eigenvalue weighted by atomic mass is 79.9. The molecular weight excluding hydrogens is 354 g/mol. The summed E-state index contributed by atoms with van der Waals surface area (Å²) < 4.78 is 5.95. The molecule has 3 nitrogen and oxygen atoms in total. The van der Waals surface area contributed by atoms with Crippen molar-refractivity contribution < 1.29 is 9.21 Å². The van der Waals surface area contributed by atoms with Crippen LogP contribution < -0.4 is 5.32 Å². The van der Waals surface area contributed by atoms with Crippen molar-refractivity contribution in [3.63, 3.8) is 0 Å². The Morgan fingerprint density at radius 2 is 2.04 bits per heavy atom. The van der Waals surface area contributed by atoms with Crippen molar-refractivity contribution in [2.75, 3.05) is 0 Å². The molecule has 3 unspecified atom stereocenters. The van der Waals surface area contributed by atoms with Gasteiger partial charge < -0.3 is 9.73 Å². The molecule has 0 saturated heterocycles. The van der Waals surface area contributed by atoms with Gasteiger partial charge in [0, 0.05) is 10.7 Å². The first-order valence-electron chi connectivity index (χ1n) is 8.89. The Bertz CT molecular complexity index is 609. The zero-order chi connectivity index (χ0) is 16.2. The summed E-state index contributed by atoms with van der Waals surface area (Å²) in [7, 11) is 0. The number of hydrogen-bond acceptors (Lipinski definition) is 2. The first-order chi connectivity index (χ1) is 10.8. The molecule has 0 spiro atoms. The zero-order valence-corrected chi connectivity index (χ0v) is 15.6. The molecule has 1 heterocycles. The van der Waals surface area contributed by atoms with E-state index in [1.807, 2.05) is 26.0 Å². The normalized spacial score (nSPS) is 39.4. The SMILES string of the molecule is Cc1ccc(C(C)NC(=O)CC23CC4CC(CC(Br)(C4)C2)C3)o1. The second-order valence-corrected chi connectivity index (χ2v) is 10.2. The van der Waals surface area contributed by atoms with Gasteiger partial charge >= 0.3 is 0 Å². The molecule has 5 rings (SSSR count). The number of aryl methyl sites for hydroxylation is 1. The van der Waals surface area contributed by atoms with Gasteiger partial charge in [0.15, 0.2) is 0 Å². The van der Waals surface area contributed by atoms with Crippen LogP contribution in [0.3, 0.4) is 0 Å². The molecule has 4 fully saturated rings. The van der Waals surface area contributed by atoms with E-state index in [9.17, 15) is 4.79 Å². The molecule has 4 aliphatic rings. The standard InChI is InChI=1S/C19H26BrNO2/c1-12-3-4-16(23-12)13(2)21-17(22)10-18-6-14-5-15(7-18)9-19(20,8-14)11-18/h3-4,13-15H,5-11H2,1-2H3,(H,21,22). The maximum atomic E-state index is 12.7. The fraction of sp³-hybridized carbons (Fsp3) is 0.737. The Morgan fingerprint density at radius 3 is 2.61 bits per heavy atom. The van der Waals surface area contributed by atoms with Crippen LogP contribution in [0.1, 0.15) is 69.4 Å². The van der Waals surface area contributed by atoms with Crippen LogP contribution in [-0.2, 0) is 4.79 Å². The van der Waals surface area contributed by atoms with Crippen LogP contribution in [0.15, 0.2) is 16.5 Å². The maximum absolute atomic E-state index is 12.7. The lowest BCUT2D eigenvalue weighted by Gasteiger charge is -2.60. The number of carbonyl (C=O) groups is 1. The lowest BCUT2D eigenvalue weighted by atomic mass is 9.48. The largest absolute Gasteiger partial charge is 0.464 e. The molecule has 4 bridgehead atoms. The summed E-state index contributed by atoms with van der Waals surface area (Å²) >= 11 is 4.03. The van der Waals surface area contributed by atoms with Crippen molar-refractivity contribution in [3.8, 4) is 0 Å². The molecule has 0 aliphatic heterocycles. The number of amides is 1. The maximum Gasteiger partial charge on any atom is 0.221 e. The summed E-state index contributed by atoms with van der Waals surface area (Å²) in [5.74, 6) is 3.58. The highest BCUT2D eigenvalue weighted by molar-refractivity contribution is 9.10. The quantitative estimate of drug-likeness (QED) is 0.756. The van der Waals surface area contributed by atoms with Crippen molar-refractivity contribution in [1.29, 1.82) is 0 Å². The Kier molecular flexibility index (Phi) is 3.67. The van der Waals surface area contributed by atoms with Crippen LogP contribution in [0.5, 0.6) is 0 Å². The molecule has 0 radical (unpaired) electrons. The third-order valence-electron chi connectivity index (χ3n) is 6.21. The molecule has 126 valence electrons. The van der Waals surface area contributed by atoms with Crippen LogP contribution in [0.2, 0.25) is 0 Å². The van der Waals surface area contributed by atoms with E-state index in [1.54, 1.807) is 0 Å². The minimum Gasteiger partial charge on any atom is -0.464 e. The number of halogens is 1. The molecule has 1 N–H and O–H groups in total. The van der Waals surface area contributed by atoms with Crippen molar-refractivity contribution in [1.82, 2.24) is 5.32 Å². The Balaban J connectivity index is 1.42. The number of nitrogens with one attached hydrogen (secondary N) is 1. The van der Waals surface area contributed by atoms with E-state index in [4.69, 9.17) is 4.42 Å². The zero-order valence-electron chi connectivity index (χ0n) is 14.0. The first-order valence-corrected chi connectivity index (χ1v) is 9.69. The Labute approximate surface area is 146 Å². The summed E-state index contributed by atoms with van der Waals surface area (Å²) in [6, 6.07) is 3.85. The molecule has 3 atom stereocenters. The fourth-order valence-corrected chi connectivity index (χ4v) is 7.44. The smallest absolute Gasteiger partial charge is 0.221 e. The van der Waals surface area contributed by atoms with Gasteiger partial charge in [-0.25, -0.2) is 0 Å². The molecule has 1 amide bonds. The van der Waals surface area contributed by atoms with E-state index in [-0.39, 0.29) is 17.4 Å². The van der Waals surface area contributed by atoms with Gasteiger partial charge in [-0.2, -0.15) is 0 Å². The fourth-order valence-electron chi connectivity index (χ4n) is 5.93. The van der Waals surface area contributed by atoms with E-state index in [2.05, 4.69) is 21.2 Å². The van der Waals surface area contributed by atoms with Crippen molar-refractivity contribution in [2.45, 2.75) is 69.2 Å². The lowest BCUT2D eigenvalue weighted by Crippen LogP contribution is -2.54. The van der Waals surface area contributed by atoms with Gasteiger partial charge in [-0.3, -0.25) is 4.79 Å². The van der Waals surface area contributed by atoms with Gasteiger partial charge in [0.05, 0.1) is 6.04 Å². The minimum atomic E-state index is -0.0527. The number of alkyl halides is 1. The van der Waals surface area contributed by atoms with Gasteiger partial charge in [-0.05, 0) is 81.8 Å². The summed E-state index contributed by atoms with van der Waals surface area (Å²) in [4.78, 5) is 12.7. The van der Waals surface area contributed by atoms with Gasteiger partial charge in [-0.1, -0.05) is 15.9 Å². The van der Waals surface area contributed by atoms with Crippen LogP contribution >= 0.6 is 15.9 Å². The highest BCUT2D eigenvalue weighted by Gasteiger charge is 2.57. The summed E-state index contributed by atoms with van der Waals surface area (Å²) in [6.45, 7) is 3.94. The molecule has 4 saturated carbocycles. The molecule has 23 heavy (non-hydrogen) atoms. The molecule has 4 heteroatoms. The summed E-state index contributed by atoms with van der Waals surface area (Å²) in [6.07, 6.45) is 8.37. The van der Waals surface area contributed by atoms with E-state index in [0.717, 1.165) is 23.4 Å². The highest BCUT2D eigenvalue weighted by Crippen LogP contribution is 2.65. The third-order valence-corrected chi connectivity index (χ3v) is 7.14.